The van der Waals surface area contributed by atoms with Crippen LogP contribution in [0.1, 0.15) is 22.8 Å². The second kappa shape index (κ2) is 8.85. The summed E-state index contributed by atoms with van der Waals surface area (Å²) in [4.78, 5) is 16.3. The van der Waals surface area contributed by atoms with Gasteiger partial charge in [0.25, 0.3) is 0 Å². The average molecular weight is 435 g/mol. The normalized spacial score (nSPS) is 15.0. The van der Waals surface area contributed by atoms with Crippen LogP contribution in [0.2, 0.25) is 0 Å². The average Bonchev–Trinajstić information content (AvgIpc) is 2.68. The number of hydrogen-bond donors (Lipinski definition) is 0. The molecule has 0 saturated carbocycles. The zero-order valence-electron chi connectivity index (χ0n) is 15.7. The molecule has 0 bridgehead atoms. The molecule has 4 nitrogen and oxygen atoms in total. The van der Waals surface area contributed by atoms with Gasteiger partial charge < -0.3 is 9.64 Å². The molecule has 0 aromatic heterocycles. The van der Waals surface area contributed by atoms with Gasteiger partial charge in [0.05, 0.1) is 17.1 Å². The topological polar surface area (TPSA) is 32.8 Å². The van der Waals surface area contributed by atoms with Gasteiger partial charge in [-0.05, 0) is 59.1 Å². The first-order valence-electron chi connectivity index (χ1n) is 9.08. The molecule has 2 aromatic rings. The SMILES string of the molecule is COc1cc(N2CCN(CCc3ccc(F)c(C(C)=O)c3)CC2)ccc1Br. The van der Waals surface area contributed by atoms with Crippen molar-refractivity contribution in [3.05, 3.63) is 57.8 Å². The lowest BCUT2D eigenvalue weighted by molar-refractivity contribution is 0.101. The zero-order chi connectivity index (χ0) is 19.4. The van der Waals surface area contributed by atoms with Crippen LogP contribution >= 0.6 is 15.9 Å². The smallest absolute Gasteiger partial charge is 0.162 e. The van der Waals surface area contributed by atoms with Gasteiger partial charge in [-0.25, -0.2) is 4.39 Å². The molecule has 6 heteroatoms. The second-order valence-corrected chi connectivity index (χ2v) is 7.62. The summed E-state index contributed by atoms with van der Waals surface area (Å²) in [5.41, 5.74) is 2.35. The number of carbonyl (C=O) groups excluding carboxylic acids is 1. The first-order valence-corrected chi connectivity index (χ1v) is 9.87. The Bertz CT molecular complexity index is 820. The number of halogens is 2. The van der Waals surface area contributed by atoms with Crippen LogP contribution in [0.15, 0.2) is 40.9 Å². The van der Waals surface area contributed by atoms with Crippen LogP contribution in [-0.2, 0) is 6.42 Å². The molecule has 2 aromatic carbocycles. The maximum atomic E-state index is 13.6. The lowest BCUT2D eigenvalue weighted by Crippen LogP contribution is -2.47. The minimum atomic E-state index is -0.440. The van der Waals surface area contributed by atoms with Crippen LogP contribution in [0.25, 0.3) is 0 Å². The third-order valence-electron chi connectivity index (χ3n) is 5.00. The van der Waals surface area contributed by atoms with Gasteiger partial charge in [0.1, 0.15) is 11.6 Å². The van der Waals surface area contributed by atoms with E-state index in [2.05, 4.69) is 37.9 Å². The van der Waals surface area contributed by atoms with E-state index >= 15 is 0 Å². The number of carbonyl (C=O) groups is 1. The van der Waals surface area contributed by atoms with E-state index in [9.17, 15) is 9.18 Å². The number of ether oxygens (including phenoxy) is 1. The number of nitrogens with zero attached hydrogens (tertiary/aromatic N) is 2. The first-order chi connectivity index (χ1) is 13.0. The minimum Gasteiger partial charge on any atom is -0.495 e. The van der Waals surface area contributed by atoms with Gasteiger partial charge in [0, 0.05) is 44.5 Å². The van der Waals surface area contributed by atoms with Crippen LogP contribution in [0.4, 0.5) is 10.1 Å². The Labute approximate surface area is 168 Å². The summed E-state index contributed by atoms with van der Waals surface area (Å²) in [6.45, 7) is 6.15. The molecule has 0 aliphatic carbocycles. The molecule has 0 unspecified atom stereocenters. The molecule has 3 rings (SSSR count). The van der Waals surface area contributed by atoms with Crippen molar-refractivity contribution in [1.29, 1.82) is 0 Å². The van der Waals surface area contributed by atoms with Crippen molar-refractivity contribution in [3.63, 3.8) is 0 Å². The molecule has 0 amide bonds. The molecule has 1 heterocycles. The highest BCUT2D eigenvalue weighted by molar-refractivity contribution is 9.10. The molecule has 1 saturated heterocycles. The van der Waals surface area contributed by atoms with Crippen molar-refractivity contribution in [2.45, 2.75) is 13.3 Å². The summed E-state index contributed by atoms with van der Waals surface area (Å²) in [5.74, 6) is 0.171. The molecule has 27 heavy (non-hydrogen) atoms. The first kappa shape index (κ1) is 19.8. The van der Waals surface area contributed by atoms with Gasteiger partial charge in [-0.1, -0.05) is 6.07 Å². The molecule has 144 valence electrons. The Morgan fingerprint density at radius 1 is 1.15 bits per heavy atom. The van der Waals surface area contributed by atoms with E-state index in [1.165, 1.54) is 18.7 Å². The van der Waals surface area contributed by atoms with E-state index in [1.807, 2.05) is 6.07 Å². The zero-order valence-corrected chi connectivity index (χ0v) is 17.3. The summed E-state index contributed by atoms with van der Waals surface area (Å²) in [6, 6.07) is 11.0. The monoisotopic (exact) mass is 434 g/mol. The van der Waals surface area contributed by atoms with Crippen molar-refractivity contribution in [2.75, 3.05) is 44.7 Å². The van der Waals surface area contributed by atoms with Crippen LogP contribution in [0.5, 0.6) is 5.75 Å². The highest BCUT2D eigenvalue weighted by Crippen LogP contribution is 2.30. The third-order valence-corrected chi connectivity index (χ3v) is 5.65. The van der Waals surface area contributed by atoms with Crippen molar-refractivity contribution in [1.82, 2.24) is 4.90 Å². The Morgan fingerprint density at radius 3 is 2.56 bits per heavy atom. The Balaban J connectivity index is 1.54. The maximum absolute atomic E-state index is 13.6. The Kier molecular flexibility index (Phi) is 6.50. The largest absolute Gasteiger partial charge is 0.495 e. The fourth-order valence-corrected chi connectivity index (χ4v) is 3.77. The fourth-order valence-electron chi connectivity index (χ4n) is 3.36. The number of piperazine rings is 1. The lowest BCUT2D eigenvalue weighted by Gasteiger charge is -2.36. The van der Waals surface area contributed by atoms with Gasteiger partial charge in [-0.3, -0.25) is 9.69 Å². The number of anilines is 1. The molecule has 1 aliphatic rings. The highest BCUT2D eigenvalue weighted by Gasteiger charge is 2.18. The summed E-state index contributed by atoms with van der Waals surface area (Å²) in [6.07, 6.45) is 0.812. The van der Waals surface area contributed by atoms with Gasteiger partial charge in [0.2, 0.25) is 0 Å². The maximum Gasteiger partial charge on any atom is 0.162 e. The lowest BCUT2D eigenvalue weighted by atomic mass is 10.0. The standard InChI is InChI=1S/C21H24BrFN2O2/c1-15(26)18-13-16(3-6-20(18)23)7-8-24-9-11-25(12-10-24)17-4-5-19(22)21(14-17)27-2/h3-6,13-14H,7-12H2,1-2H3. The Hall–Kier alpha value is -1.92. The highest BCUT2D eigenvalue weighted by atomic mass is 79.9. The van der Waals surface area contributed by atoms with Crippen molar-refractivity contribution in [3.8, 4) is 5.75 Å². The number of benzene rings is 2. The minimum absolute atomic E-state index is 0.182. The number of Topliss-reactive ketones (excluding diaryl/α,β-unsaturated/α-hetero) is 1. The predicted octanol–water partition coefficient (Wildman–Crippen LogP) is 4.16. The summed E-state index contributed by atoms with van der Waals surface area (Å²) in [7, 11) is 1.68. The fraction of sp³-hybridized carbons (Fsp3) is 0.381. The molecule has 0 radical (unpaired) electrons. The molecule has 1 fully saturated rings. The third kappa shape index (κ3) is 4.87. The molecular weight excluding hydrogens is 411 g/mol. The van der Waals surface area contributed by atoms with Crippen LogP contribution in [0, 0.1) is 5.82 Å². The van der Waals surface area contributed by atoms with Crippen molar-refractivity contribution >= 4 is 27.4 Å². The number of ketones is 1. The van der Waals surface area contributed by atoms with E-state index in [1.54, 1.807) is 19.2 Å². The molecule has 0 N–H and O–H groups in total. The number of methoxy groups -OCH3 is 1. The quantitative estimate of drug-likeness (QED) is 0.638. The van der Waals surface area contributed by atoms with Gasteiger partial charge in [-0.15, -0.1) is 0 Å². The summed E-state index contributed by atoms with van der Waals surface area (Å²) >= 11 is 3.49. The van der Waals surface area contributed by atoms with Gasteiger partial charge in [-0.2, -0.15) is 0 Å². The molecule has 0 atom stereocenters. The van der Waals surface area contributed by atoms with E-state index in [0.717, 1.165) is 54.9 Å². The van der Waals surface area contributed by atoms with E-state index in [4.69, 9.17) is 4.74 Å². The summed E-state index contributed by atoms with van der Waals surface area (Å²) in [5, 5.41) is 0. The van der Waals surface area contributed by atoms with Crippen molar-refractivity contribution < 1.29 is 13.9 Å². The van der Waals surface area contributed by atoms with Crippen LogP contribution in [-0.4, -0.2) is 50.5 Å². The number of hydrogen-bond acceptors (Lipinski definition) is 4. The van der Waals surface area contributed by atoms with E-state index in [0.29, 0.717) is 0 Å². The van der Waals surface area contributed by atoms with E-state index in [-0.39, 0.29) is 11.3 Å². The molecular formula is C21H24BrFN2O2. The van der Waals surface area contributed by atoms with Crippen LogP contribution in [0.3, 0.4) is 0 Å². The summed E-state index contributed by atoms with van der Waals surface area (Å²) < 4.78 is 20.0. The van der Waals surface area contributed by atoms with E-state index < -0.39 is 5.82 Å². The second-order valence-electron chi connectivity index (χ2n) is 6.77. The van der Waals surface area contributed by atoms with Gasteiger partial charge in [0.15, 0.2) is 5.78 Å². The van der Waals surface area contributed by atoms with Crippen molar-refractivity contribution in [2.24, 2.45) is 0 Å². The molecule has 0 spiro atoms. The molecule has 1 aliphatic heterocycles. The Morgan fingerprint density at radius 2 is 1.89 bits per heavy atom. The van der Waals surface area contributed by atoms with Gasteiger partial charge >= 0.3 is 0 Å². The number of rotatable bonds is 6. The predicted molar refractivity (Wildman–Crippen MR) is 109 cm³/mol. The van der Waals surface area contributed by atoms with Crippen LogP contribution < -0.4 is 9.64 Å².